The fraction of sp³-hybridized carbons (Fsp3) is 0. The maximum atomic E-state index is 11.5. The number of aromatic nitrogens is 3. The quantitative estimate of drug-likeness (QED) is 0.742. The smallest absolute Gasteiger partial charge is 0.363 e. The van der Waals surface area contributed by atoms with Gasteiger partial charge >= 0.3 is 5.97 Å². The molecule has 0 saturated carbocycles. The number of anilines is 1. The third-order valence-corrected chi connectivity index (χ3v) is 1.73. The number of ether oxygens (including phenoxy) is 1. The fourth-order valence-electron chi connectivity index (χ4n) is 1.01. The Morgan fingerprint density at radius 1 is 1.25 bits per heavy atom. The third kappa shape index (κ3) is 2.30. The van der Waals surface area contributed by atoms with E-state index >= 15 is 0 Å². The van der Waals surface area contributed by atoms with Crippen LogP contribution in [0.15, 0.2) is 36.9 Å². The number of carbonyl (C=O) groups excluding carboxylic acids is 1. The average Bonchev–Trinajstić information content (AvgIpc) is 2.31. The fourth-order valence-corrected chi connectivity index (χ4v) is 1.01. The molecule has 2 heterocycles. The molecule has 0 fully saturated rings. The van der Waals surface area contributed by atoms with E-state index < -0.39 is 5.97 Å². The predicted octanol–water partition coefficient (Wildman–Crippen LogP) is 0.673. The molecule has 0 amide bonds. The number of rotatable bonds is 2. The second-order valence-corrected chi connectivity index (χ2v) is 2.90. The molecule has 0 aromatic carbocycles. The molecule has 0 aliphatic carbocycles. The van der Waals surface area contributed by atoms with Crippen molar-refractivity contribution in [2.45, 2.75) is 0 Å². The van der Waals surface area contributed by atoms with E-state index in [0.29, 0.717) is 5.75 Å². The van der Waals surface area contributed by atoms with Crippen LogP contribution in [0.5, 0.6) is 5.75 Å². The van der Waals surface area contributed by atoms with Crippen molar-refractivity contribution in [1.29, 1.82) is 0 Å². The highest BCUT2D eigenvalue weighted by molar-refractivity contribution is 5.88. The van der Waals surface area contributed by atoms with Gasteiger partial charge in [-0.25, -0.2) is 14.8 Å². The monoisotopic (exact) mass is 216 g/mol. The lowest BCUT2D eigenvalue weighted by molar-refractivity contribution is 0.0727. The van der Waals surface area contributed by atoms with Gasteiger partial charge in [-0.1, -0.05) is 0 Å². The number of esters is 1. The summed E-state index contributed by atoms with van der Waals surface area (Å²) in [5.74, 6) is 0.00422. The van der Waals surface area contributed by atoms with Crippen molar-refractivity contribution < 1.29 is 9.53 Å². The lowest BCUT2D eigenvalue weighted by atomic mass is 10.4. The Morgan fingerprint density at radius 2 is 2.12 bits per heavy atom. The van der Waals surface area contributed by atoms with E-state index in [0.717, 1.165) is 0 Å². The summed E-state index contributed by atoms with van der Waals surface area (Å²) in [6.07, 6.45) is 5.57. The summed E-state index contributed by atoms with van der Waals surface area (Å²) in [5.41, 5.74) is 5.44. The summed E-state index contributed by atoms with van der Waals surface area (Å²) in [5, 5.41) is 0. The zero-order valence-electron chi connectivity index (χ0n) is 8.20. The number of nitrogen functional groups attached to an aromatic ring is 1. The van der Waals surface area contributed by atoms with Crippen molar-refractivity contribution in [3.05, 3.63) is 42.6 Å². The van der Waals surface area contributed by atoms with Gasteiger partial charge in [-0.15, -0.1) is 0 Å². The molecule has 2 aromatic heterocycles. The molecule has 0 spiro atoms. The minimum absolute atomic E-state index is 0.0954. The molecule has 0 atom stereocenters. The van der Waals surface area contributed by atoms with Gasteiger partial charge in [-0.2, -0.15) is 0 Å². The molecule has 2 rings (SSSR count). The van der Waals surface area contributed by atoms with Gasteiger partial charge in [-0.3, -0.25) is 4.98 Å². The molecule has 0 aliphatic heterocycles. The van der Waals surface area contributed by atoms with Gasteiger partial charge < -0.3 is 10.5 Å². The van der Waals surface area contributed by atoms with E-state index in [-0.39, 0.29) is 11.5 Å². The van der Waals surface area contributed by atoms with Crippen molar-refractivity contribution >= 4 is 11.8 Å². The maximum absolute atomic E-state index is 11.5. The number of carbonyl (C=O) groups is 1. The van der Waals surface area contributed by atoms with Crippen molar-refractivity contribution in [1.82, 2.24) is 15.0 Å². The molecule has 0 radical (unpaired) electrons. The highest BCUT2D eigenvalue weighted by atomic mass is 16.5. The molecular formula is C10H8N4O2. The minimum Gasteiger partial charge on any atom is -0.420 e. The van der Waals surface area contributed by atoms with Crippen LogP contribution in [0, 0.1) is 0 Å². The molecule has 80 valence electrons. The standard InChI is InChI=1S/C10H8N4O2/c11-9-6-13-8(5-14-9)10(15)16-7-2-1-3-12-4-7/h1-6H,(H2,11,14). The van der Waals surface area contributed by atoms with Crippen LogP contribution < -0.4 is 10.5 Å². The normalized spacial score (nSPS) is 9.75. The van der Waals surface area contributed by atoms with Gasteiger partial charge in [0, 0.05) is 6.20 Å². The van der Waals surface area contributed by atoms with Crippen molar-refractivity contribution in [3.8, 4) is 5.75 Å². The molecule has 0 unspecified atom stereocenters. The predicted molar refractivity (Wildman–Crippen MR) is 55.6 cm³/mol. The number of pyridine rings is 1. The van der Waals surface area contributed by atoms with Gasteiger partial charge in [0.15, 0.2) is 5.69 Å². The van der Waals surface area contributed by atoms with Crippen molar-refractivity contribution in [3.63, 3.8) is 0 Å². The molecule has 6 heteroatoms. The van der Waals surface area contributed by atoms with Gasteiger partial charge in [0.2, 0.25) is 0 Å². The van der Waals surface area contributed by atoms with Crippen LogP contribution in [0.25, 0.3) is 0 Å². The molecular weight excluding hydrogens is 208 g/mol. The van der Waals surface area contributed by atoms with Crippen molar-refractivity contribution in [2.24, 2.45) is 0 Å². The molecule has 0 bridgehead atoms. The summed E-state index contributed by atoms with van der Waals surface area (Å²) >= 11 is 0. The summed E-state index contributed by atoms with van der Waals surface area (Å²) in [4.78, 5) is 22.9. The Morgan fingerprint density at radius 3 is 2.75 bits per heavy atom. The first kappa shape index (κ1) is 10.0. The largest absolute Gasteiger partial charge is 0.420 e. The average molecular weight is 216 g/mol. The van der Waals surface area contributed by atoms with Crippen LogP contribution in [0.4, 0.5) is 5.82 Å². The maximum Gasteiger partial charge on any atom is 0.363 e. The molecule has 0 aliphatic rings. The van der Waals surface area contributed by atoms with Crippen LogP contribution in [-0.4, -0.2) is 20.9 Å². The Bertz CT molecular complexity index is 484. The zero-order chi connectivity index (χ0) is 11.4. The van der Waals surface area contributed by atoms with Crippen molar-refractivity contribution in [2.75, 3.05) is 5.73 Å². The van der Waals surface area contributed by atoms with E-state index in [9.17, 15) is 4.79 Å². The Hall–Kier alpha value is -2.50. The van der Waals surface area contributed by atoms with Gasteiger partial charge in [0.25, 0.3) is 0 Å². The molecule has 2 aromatic rings. The van der Waals surface area contributed by atoms with E-state index in [1.54, 1.807) is 18.3 Å². The molecule has 16 heavy (non-hydrogen) atoms. The molecule has 0 saturated heterocycles. The molecule has 2 N–H and O–H groups in total. The first-order valence-electron chi connectivity index (χ1n) is 4.45. The lowest BCUT2D eigenvalue weighted by Crippen LogP contribution is -2.11. The third-order valence-electron chi connectivity index (χ3n) is 1.73. The first-order valence-corrected chi connectivity index (χ1v) is 4.45. The number of hydrogen-bond donors (Lipinski definition) is 1. The summed E-state index contributed by atoms with van der Waals surface area (Å²) in [6, 6.07) is 3.28. The lowest BCUT2D eigenvalue weighted by Gasteiger charge is -2.02. The molecule has 6 nitrogen and oxygen atoms in total. The van der Waals surface area contributed by atoms with Crippen LogP contribution in [0.1, 0.15) is 10.5 Å². The Balaban J connectivity index is 2.12. The van der Waals surface area contributed by atoms with E-state index in [4.69, 9.17) is 10.5 Å². The summed E-state index contributed by atoms with van der Waals surface area (Å²) < 4.78 is 5.00. The van der Waals surface area contributed by atoms with Crippen LogP contribution in [0.3, 0.4) is 0 Å². The van der Waals surface area contributed by atoms with Crippen LogP contribution in [-0.2, 0) is 0 Å². The highest BCUT2D eigenvalue weighted by Crippen LogP contribution is 2.08. The second kappa shape index (κ2) is 4.35. The first-order chi connectivity index (χ1) is 7.75. The van der Waals surface area contributed by atoms with Crippen LogP contribution in [0.2, 0.25) is 0 Å². The zero-order valence-corrected chi connectivity index (χ0v) is 8.20. The second-order valence-electron chi connectivity index (χ2n) is 2.90. The number of hydrogen-bond acceptors (Lipinski definition) is 6. The van der Waals surface area contributed by atoms with Crippen LogP contribution >= 0.6 is 0 Å². The van der Waals surface area contributed by atoms with Gasteiger partial charge in [-0.05, 0) is 12.1 Å². The van der Waals surface area contributed by atoms with E-state index in [1.165, 1.54) is 18.6 Å². The minimum atomic E-state index is -0.597. The van der Waals surface area contributed by atoms with E-state index in [1.807, 2.05) is 0 Å². The van der Waals surface area contributed by atoms with Gasteiger partial charge in [0.05, 0.1) is 18.6 Å². The number of nitrogens with two attached hydrogens (primary N) is 1. The highest BCUT2D eigenvalue weighted by Gasteiger charge is 2.10. The summed E-state index contributed by atoms with van der Waals surface area (Å²) in [7, 11) is 0. The van der Waals surface area contributed by atoms with Gasteiger partial charge in [0.1, 0.15) is 11.6 Å². The Kier molecular flexibility index (Phi) is 2.73. The van der Waals surface area contributed by atoms with E-state index in [2.05, 4.69) is 15.0 Å². The summed E-state index contributed by atoms with van der Waals surface area (Å²) in [6.45, 7) is 0. The topological polar surface area (TPSA) is 91.0 Å². The Labute approximate surface area is 91.1 Å². The number of nitrogens with zero attached hydrogens (tertiary/aromatic N) is 3. The SMILES string of the molecule is Nc1cnc(C(=O)Oc2cccnc2)cn1.